The number of carbonyl (C=O) groups excluding carboxylic acids is 5. The van der Waals surface area contributed by atoms with Crippen LogP contribution in [0, 0.1) is 0 Å². The first-order valence-electron chi connectivity index (χ1n) is 24.4. The summed E-state index contributed by atoms with van der Waals surface area (Å²) in [7, 11) is 0. The molecule has 0 spiro atoms. The molecule has 4 rings (SSSR count). The number of hydrogen-bond donors (Lipinski definition) is 3. The normalized spacial score (nSPS) is 13.2. The summed E-state index contributed by atoms with van der Waals surface area (Å²) in [6, 6.07) is 1.76. The van der Waals surface area contributed by atoms with Gasteiger partial charge in [-0.15, -0.1) is 0 Å². The number of pyridine rings is 1. The van der Waals surface area contributed by atoms with Gasteiger partial charge in [0.25, 0.3) is 23.6 Å². The van der Waals surface area contributed by atoms with Gasteiger partial charge in [0.15, 0.2) is 0 Å². The van der Waals surface area contributed by atoms with Gasteiger partial charge in [-0.2, -0.15) is 0 Å². The monoisotopic (exact) mass is 1030 g/mol. The van der Waals surface area contributed by atoms with Gasteiger partial charge in [0.05, 0.1) is 168 Å². The molecule has 0 saturated heterocycles. The molecule has 0 aliphatic carbocycles. The minimum atomic E-state index is -0.500. The highest BCUT2D eigenvalue weighted by Gasteiger charge is 2.26. The second-order valence-corrected chi connectivity index (χ2v) is 15.5. The number of fused-ring (bicyclic) bond motifs is 1. The molecule has 25 nitrogen and oxygen atoms in total. The van der Waals surface area contributed by atoms with Gasteiger partial charge >= 0.3 is 0 Å². The van der Waals surface area contributed by atoms with Crippen molar-refractivity contribution in [1.82, 2.24) is 35.5 Å². The van der Waals surface area contributed by atoms with Crippen LogP contribution in [0.25, 0.3) is 17.3 Å². The third-order valence-electron chi connectivity index (χ3n) is 9.89. The number of amidine groups is 1. The number of nitrogens with two attached hydrogens (primary N) is 1. The predicted octanol–water partition coefficient (Wildman–Crippen LogP) is 0.442. The van der Waals surface area contributed by atoms with Crippen LogP contribution in [0.3, 0.4) is 0 Å². The highest BCUT2D eigenvalue weighted by molar-refractivity contribution is 6.14. The van der Waals surface area contributed by atoms with E-state index in [2.05, 4.69) is 30.6 Å². The molecule has 2 aromatic rings. The molecule has 4 N–H and O–H groups in total. The van der Waals surface area contributed by atoms with Gasteiger partial charge in [0.1, 0.15) is 18.1 Å². The largest absolute Gasteiger partial charge is 0.387 e. The zero-order valence-electron chi connectivity index (χ0n) is 41.9. The lowest BCUT2D eigenvalue weighted by Crippen LogP contribution is -2.41. The fourth-order valence-corrected chi connectivity index (χ4v) is 6.34. The smallest absolute Gasteiger partial charge is 0.273 e. The maximum absolute atomic E-state index is 13.2. The van der Waals surface area contributed by atoms with Crippen molar-refractivity contribution < 1.29 is 76.2 Å². The van der Waals surface area contributed by atoms with Crippen molar-refractivity contribution in [1.29, 1.82) is 0 Å². The zero-order chi connectivity index (χ0) is 52.1. The van der Waals surface area contributed by atoms with Crippen LogP contribution in [0.5, 0.6) is 0 Å². The Kier molecular flexibility index (Phi) is 30.4. The third-order valence-corrected chi connectivity index (χ3v) is 9.89. The average molecular weight is 1030 g/mol. The summed E-state index contributed by atoms with van der Waals surface area (Å²) in [5.74, 6) is -1.84. The second-order valence-electron chi connectivity index (χ2n) is 15.5. The Morgan fingerprint density at radius 1 is 0.630 bits per heavy atom. The SMILES string of the molecule is CCCN(OCC)C(=O)C1=Cc2ncc(-c3cnc(C(=O)NCCOCCOCCOCCOCCOCCOCCOCCOCCOCCOCCNC(=O)CN4C(=O)C=CC4=O)cn3)cc2N=C(N)C1. The first-order chi connectivity index (χ1) is 35.7. The Balaban J connectivity index is 0.853. The van der Waals surface area contributed by atoms with Crippen molar-refractivity contribution >= 4 is 47.1 Å². The lowest BCUT2D eigenvalue weighted by atomic mass is 10.1. The van der Waals surface area contributed by atoms with Crippen LogP contribution in [0.1, 0.15) is 42.9 Å². The number of hydrogen-bond acceptors (Lipinski definition) is 21. The summed E-state index contributed by atoms with van der Waals surface area (Å²) in [6.45, 7) is 12.8. The van der Waals surface area contributed by atoms with Gasteiger partial charge in [-0.05, 0) is 25.5 Å². The van der Waals surface area contributed by atoms with E-state index < -0.39 is 23.6 Å². The van der Waals surface area contributed by atoms with E-state index in [1.807, 2.05) is 13.8 Å². The molecular weight excluding hydrogens is 959 g/mol. The number of aliphatic imine (C=N–C) groups is 1. The fourth-order valence-electron chi connectivity index (χ4n) is 6.34. The van der Waals surface area contributed by atoms with E-state index in [4.69, 9.17) is 57.9 Å². The Hall–Kier alpha value is -5.71. The summed E-state index contributed by atoms with van der Waals surface area (Å²) in [6.07, 6.45) is 9.29. The standard InChI is InChI=1S/C48H71N9O16/c1-3-9-57(73-4-2)48(62)37-30-39-40(55-43(49)32-37)31-38(33-52-39)41-34-54-42(35-53-41)47(61)51-8-11-64-13-15-66-17-19-68-21-23-70-25-27-72-29-28-71-26-24-69-22-20-67-18-16-65-14-12-63-10-7-50-44(58)36-56-45(59)5-6-46(56)60/h5-6,30-31,33-35H,3-4,7-29,32,36H2,1-2H3,(H2,49,55)(H,50,58)(H,51,61). The molecule has 0 bridgehead atoms. The number of hydroxylamine groups is 2. The Bertz CT molecular complexity index is 2040. The number of ether oxygens (including phenoxy) is 10. The Morgan fingerprint density at radius 3 is 1.56 bits per heavy atom. The van der Waals surface area contributed by atoms with Gasteiger partial charge in [0, 0.05) is 55.5 Å². The first kappa shape index (κ1) is 59.8. The van der Waals surface area contributed by atoms with Gasteiger partial charge in [-0.1, -0.05) is 6.92 Å². The molecule has 25 heteroatoms. The topological polar surface area (TPSA) is 294 Å². The van der Waals surface area contributed by atoms with Crippen LogP contribution in [0.4, 0.5) is 5.69 Å². The molecule has 5 amide bonds. The van der Waals surface area contributed by atoms with Crippen molar-refractivity contribution in [3.05, 3.63) is 53.8 Å². The molecule has 0 atom stereocenters. The molecule has 0 aromatic carbocycles. The highest BCUT2D eigenvalue weighted by atomic mass is 16.7. The number of nitrogens with zero attached hydrogens (tertiary/aromatic N) is 6. The Labute approximate surface area is 425 Å². The molecular formula is C48H71N9O16. The zero-order valence-corrected chi connectivity index (χ0v) is 41.9. The molecule has 0 fully saturated rings. The fraction of sp³-hybridized carbons (Fsp3) is 0.604. The van der Waals surface area contributed by atoms with Gasteiger partial charge in [0.2, 0.25) is 5.91 Å². The third kappa shape index (κ3) is 24.7. The van der Waals surface area contributed by atoms with Crippen LogP contribution in [0.15, 0.2) is 47.4 Å². The van der Waals surface area contributed by atoms with Crippen molar-refractivity contribution in [2.75, 3.05) is 165 Å². The molecule has 73 heavy (non-hydrogen) atoms. The molecule has 0 saturated carbocycles. The van der Waals surface area contributed by atoms with E-state index in [0.29, 0.717) is 160 Å². The number of rotatable bonds is 42. The molecule has 0 radical (unpaired) electrons. The molecule has 404 valence electrons. The first-order valence-corrected chi connectivity index (χ1v) is 24.4. The average Bonchev–Trinajstić information content (AvgIpc) is 3.59. The summed E-state index contributed by atoms with van der Waals surface area (Å²) >= 11 is 0. The number of aromatic nitrogens is 3. The quantitative estimate of drug-likeness (QED) is 0.0462. The minimum absolute atomic E-state index is 0.144. The summed E-state index contributed by atoms with van der Waals surface area (Å²) < 4.78 is 54.8. The second kappa shape index (κ2) is 37.1. The van der Waals surface area contributed by atoms with Gasteiger partial charge in [-0.3, -0.25) is 43.7 Å². The number of imide groups is 1. The van der Waals surface area contributed by atoms with E-state index in [-0.39, 0.29) is 56.7 Å². The number of carbonyl (C=O) groups is 5. The molecule has 2 aromatic heterocycles. The van der Waals surface area contributed by atoms with Crippen LogP contribution in [0.2, 0.25) is 0 Å². The number of amides is 5. The van der Waals surface area contributed by atoms with E-state index in [1.54, 1.807) is 18.3 Å². The van der Waals surface area contributed by atoms with Crippen LogP contribution in [-0.2, 0) is 71.4 Å². The van der Waals surface area contributed by atoms with E-state index >= 15 is 0 Å². The van der Waals surface area contributed by atoms with Crippen molar-refractivity contribution in [2.45, 2.75) is 26.7 Å². The molecule has 2 aliphatic heterocycles. The molecule has 4 heterocycles. The van der Waals surface area contributed by atoms with Crippen LogP contribution in [-0.4, -0.2) is 225 Å². The summed E-state index contributed by atoms with van der Waals surface area (Å²) in [5, 5.41) is 6.69. The lowest BCUT2D eigenvalue weighted by molar-refractivity contribution is -0.180. The lowest BCUT2D eigenvalue weighted by Gasteiger charge is -2.21. The maximum Gasteiger partial charge on any atom is 0.273 e. The van der Waals surface area contributed by atoms with Crippen molar-refractivity contribution in [2.24, 2.45) is 10.7 Å². The summed E-state index contributed by atoms with van der Waals surface area (Å²) in [5.41, 5.74) is 8.82. The van der Waals surface area contributed by atoms with Gasteiger partial charge < -0.3 is 63.7 Å². The van der Waals surface area contributed by atoms with Crippen LogP contribution < -0.4 is 16.4 Å². The van der Waals surface area contributed by atoms with Crippen molar-refractivity contribution in [3.63, 3.8) is 0 Å². The summed E-state index contributed by atoms with van der Waals surface area (Å²) in [4.78, 5) is 84.6. The molecule has 0 unspecified atom stereocenters. The minimum Gasteiger partial charge on any atom is -0.387 e. The maximum atomic E-state index is 13.2. The Morgan fingerprint density at radius 2 is 1.11 bits per heavy atom. The van der Waals surface area contributed by atoms with E-state index in [9.17, 15) is 24.0 Å². The van der Waals surface area contributed by atoms with Crippen LogP contribution >= 0.6 is 0 Å². The highest BCUT2D eigenvalue weighted by Crippen LogP contribution is 2.29. The van der Waals surface area contributed by atoms with Crippen molar-refractivity contribution in [3.8, 4) is 11.3 Å². The number of nitrogens with one attached hydrogen (secondary N) is 2. The molecule has 2 aliphatic rings. The predicted molar refractivity (Wildman–Crippen MR) is 262 cm³/mol. The van der Waals surface area contributed by atoms with E-state index in [0.717, 1.165) is 23.5 Å². The van der Waals surface area contributed by atoms with E-state index in [1.165, 1.54) is 17.5 Å². The van der Waals surface area contributed by atoms with Gasteiger partial charge in [-0.25, -0.2) is 15.0 Å².